The molecule has 6 heteroatoms. The lowest BCUT2D eigenvalue weighted by Gasteiger charge is -2.44. The highest BCUT2D eigenvalue weighted by Gasteiger charge is 2.48. The molecule has 1 aliphatic rings. The summed E-state index contributed by atoms with van der Waals surface area (Å²) >= 11 is 6.50. The predicted molar refractivity (Wildman–Crippen MR) is 117 cm³/mol. The van der Waals surface area contributed by atoms with Crippen LogP contribution in [-0.2, 0) is 10.3 Å². The molecular weight excluding hydrogens is 402 g/mol. The fourth-order valence-corrected chi connectivity index (χ4v) is 4.47. The van der Waals surface area contributed by atoms with Crippen LogP contribution in [0.3, 0.4) is 0 Å². The summed E-state index contributed by atoms with van der Waals surface area (Å²) < 4.78 is 11.3. The molecule has 0 saturated heterocycles. The minimum Gasteiger partial charge on any atom is -0.490 e. The smallest absolute Gasteiger partial charge is 0.254 e. The summed E-state index contributed by atoms with van der Waals surface area (Å²) in [5, 5.41) is 0.495. The van der Waals surface area contributed by atoms with E-state index in [1.165, 1.54) is 0 Å². The summed E-state index contributed by atoms with van der Waals surface area (Å²) in [6, 6.07) is 12.4. The molecule has 1 fully saturated rings. The molecule has 0 bridgehead atoms. The molecule has 1 atom stereocenters. The molecule has 1 saturated carbocycles. The second-order valence-corrected chi connectivity index (χ2v) is 7.77. The lowest BCUT2D eigenvalue weighted by atomic mass is 9.74. The van der Waals surface area contributed by atoms with Gasteiger partial charge in [-0.05, 0) is 57.4 Å². The molecule has 160 valence electrons. The number of halogens is 1. The number of ketones is 1. The van der Waals surface area contributed by atoms with Crippen molar-refractivity contribution in [1.29, 1.82) is 0 Å². The molecule has 3 rings (SSSR count). The Morgan fingerprint density at radius 3 is 2.43 bits per heavy atom. The van der Waals surface area contributed by atoms with Crippen molar-refractivity contribution in [1.82, 2.24) is 4.90 Å². The minimum atomic E-state index is -1.07. The second-order valence-electron chi connectivity index (χ2n) is 7.36. The van der Waals surface area contributed by atoms with Crippen LogP contribution in [-0.4, -0.2) is 36.9 Å². The zero-order valence-electron chi connectivity index (χ0n) is 17.7. The highest BCUT2D eigenvalue weighted by Crippen LogP contribution is 2.43. The largest absolute Gasteiger partial charge is 0.490 e. The molecule has 0 heterocycles. The first-order valence-electron chi connectivity index (χ1n) is 10.4. The fourth-order valence-electron chi connectivity index (χ4n) is 4.18. The van der Waals surface area contributed by atoms with Gasteiger partial charge < -0.3 is 14.4 Å². The number of rotatable bonds is 7. The Kier molecular flexibility index (Phi) is 7.03. The summed E-state index contributed by atoms with van der Waals surface area (Å²) in [7, 11) is 1.69. The number of hydrogen-bond donors (Lipinski definition) is 0. The van der Waals surface area contributed by atoms with Crippen molar-refractivity contribution in [2.24, 2.45) is 0 Å². The quantitative estimate of drug-likeness (QED) is 0.603. The minimum absolute atomic E-state index is 0.0219. The maximum absolute atomic E-state index is 13.5. The SMILES string of the molecule is CCOc1ccc(C(=O)N(C)[C@]2(c3ccccc3Cl)CCCCC2=O)cc1OCC. The van der Waals surface area contributed by atoms with Gasteiger partial charge in [0.15, 0.2) is 17.3 Å². The predicted octanol–water partition coefficient (Wildman–Crippen LogP) is 5.25. The molecule has 0 N–H and O–H groups in total. The van der Waals surface area contributed by atoms with E-state index in [1.54, 1.807) is 36.2 Å². The number of carbonyl (C=O) groups is 2. The van der Waals surface area contributed by atoms with Gasteiger partial charge in [-0.2, -0.15) is 0 Å². The Labute approximate surface area is 182 Å². The van der Waals surface area contributed by atoms with Crippen LogP contribution in [0.1, 0.15) is 55.5 Å². The molecule has 30 heavy (non-hydrogen) atoms. The molecule has 1 amide bonds. The number of benzene rings is 2. The molecule has 2 aromatic carbocycles. The van der Waals surface area contributed by atoms with Crippen LogP contribution in [0.15, 0.2) is 42.5 Å². The van der Waals surface area contributed by atoms with Crippen LogP contribution in [0.5, 0.6) is 11.5 Å². The number of hydrogen-bond acceptors (Lipinski definition) is 4. The zero-order chi connectivity index (χ0) is 21.7. The molecule has 5 nitrogen and oxygen atoms in total. The maximum Gasteiger partial charge on any atom is 0.254 e. The molecule has 0 radical (unpaired) electrons. The van der Waals surface area contributed by atoms with Gasteiger partial charge >= 0.3 is 0 Å². The van der Waals surface area contributed by atoms with Gasteiger partial charge in [-0.15, -0.1) is 0 Å². The first kappa shape index (κ1) is 22.2. The molecule has 2 aromatic rings. The van der Waals surface area contributed by atoms with E-state index >= 15 is 0 Å². The van der Waals surface area contributed by atoms with Gasteiger partial charge in [-0.25, -0.2) is 0 Å². The van der Waals surface area contributed by atoms with Gasteiger partial charge in [0.25, 0.3) is 5.91 Å². The topological polar surface area (TPSA) is 55.8 Å². The summed E-state index contributed by atoms with van der Waals surface area (Å²) in [5.74, 6) is 0.872. The average Bonchev–Trinajstić information content (AvgIpc) is 2.75. The number of ether oxygens (including phenoxy) is 2. The van der Waals surface area contributed by atoms with Crippen molar-refractivity contribution in [3.63, 3.8) is 0 Å². The van der Waals surface area contributed by atoms with Crippen LogP contribution in [0, 0.1) is 0 Å². The zero-order valence-corrected chi connectivity index (χ0v) is 18.5. The second kappa shape index (κ2) is 9.52. The van der Waals surface area contributed by atoms with Crippen molar-refractivity contribution in [3.8, 4) is 11.5 Å². The number of Topliss-reactive ketones (excluding diaryl/α,β-unsaturated/α-hetero) is 1. The first-order valence-corrected chi connectivity index (χ1v) is 10.8. The Balaban J connectivity index is 2.04. The molecule has 0 aromatic heterocycles. The molecule has 0 unspecified atom stereocenters. The van der Waals surface area contributed by atoms with Crippen LogP contribution in [0.25, 0.3) is 0 Å². The lowest BCUT2D eigenvalue weighted by Crippen LogP contribution is -2.54. The summed E-state index contributed by atoms with van der Waals surface area (Å²) in [6.07, 6.45) is 2.65. The highest BCUT2D eigenvalue weighted by atomic mass is 35.5. The van der Waals surface area contributed by atoms with E-state index in [-0.39, 0.29) is 11.7 Å². The van der Waals surface area contributed by atoms with E-state index in [2.05, 4.69) is 0 Å². The monoisotopic (exact) mass is 429 g/mol. The van der Waals surface area contributed by atoms with Gasteiger partial charge in [0, 0.05) is 29.6 Å². The Morgan fingerprint density at radius 1 is 1.07 bits per heavy atom. The number of amides is 1. The third-order valence-electron chi connectivity index (χ3n) is 5.64. The standard InChI is InChI=1S/C24H28ClNO4/c1-4-29-20-14-13-17(16-21(20)30-5-2)23(28)26(3)24(15-9-8-12-22(24)27)18-10-6-7-11-19(18)25/h6-7,10-11,13-14,16H,4-5,8-9,12,15H2,1-3H3/t24-/m0/s1. The Morgan fingerprint density at radius 2 is 1.77 bits per heavy atom. The molecule has 0 aliphatic heterocycles. The average molecular weight is 430 g/mol. The van der Waals surface area contributed by atoms with E-state index in [0.29, 0.717) is 53.7 Å². The van der Waals surface area contributed by atoms with Gasteiger partial charge in [0.05, 0.1) is 13.2 Å². The highest BCUT2D eigenvalue weighted by molar-refractivity contribution is 6.31. The van der Waals surface area contributed by atoms with Crippen LogP contribution >= 0.6 is 11.6 Å². The first-order chi connectivity index (χ1) is 14.5. The van der Waals surface area contributed by atoms with Crippen molar-refractivity contribution in [2.75, 3.05) is 20.3 Å². The molecule has 1 aliphatic carbocycles. The Hall–Kier alpha value is -2.53. The summed E-state index contributed by atoms with van der Waals surface area (Å²) in [5.41, 5.74) is 0.0512. The van der Waals surface area contributed by atoms with Crippen LogP contribution in [0.2, 0.25) is 5.02 Å². The van der Waals surface area contributed by atoms with E-state index in [0.717, 1.165) is 12.8 Å². The number of carbonyl (C=O) groups excluding carboxylic acids is 2. The Bertz CT molecular complexity index is 929. The molecule has 0 spiro atoms. The van der Waals surface area contributed by atoms with Crippen molar-refractivity contribution < 1.29 is 19.1 Å². The number of nitrogens with zero attached hydrogens (tertiary/aromatic N) is 1. The van der Waals surface area contributed by atoms with Crippen LogP contribution in [0.4, 0.5) is 0 Å². The van der Waals surface area contributed by atoms with Crippen molar-refractivity contribution in [3.05, 3.63) is 58.6 Å². The van der Waals surface area contributed by atoms with Gasteiger partial charge in [-0.1, -0.05) is 29.8 Å². The fraction of sp³-hybridized carbons (Fsp3) is 0.417. The van der Waals surface area contributed by atoms with Crippen molar-refractivity contribution in [2.45, 2.75) is 45.1 Å². The van der Waals surface area contributed by atoms with E-state index in [9.17, 15) is 9.59 Å². The maximum atomic E-state index is 13.5. The number of likely N-dealkylation sites (N-methyl/N-ethyl adjacent to an activating group) is 1. The van der Waals surface area contributed by atoms with Crippen molar-refractivity contribution >= 4 is 23.3 Å². The van der Waals surface area contributed by atoms with Crippen LogP contribution < -0.4 is 9.47 Å². The third-order valence-corrected chi connectivity index (χ3v) is 5.97. The summed E-state index contributed by atoms with van der Waals surface area (Å²) in [4.78, 5) is 28.4. The van der Waals surface area contributed by atoms with Gasteiger partial charge in [0.1, 0.15) is 5.54 Å². The van der Waals surface area contributed by atoms with E-state index in [1.807, 2.05) is 32.0 Å². The van der Waals surface area contributed by atoms with E-state index < -0.39 is 5.54 Å². The normalized spacial score (nSPS) is 18.7. The third kappa shape index (κ3) is 4.04. The van der Waals surface area contributed by atoms with E-state index in [4.69, 9.17) is 21.1 Å². The lowest BCUT2D eigenvalue weighted by molar-refractivity contribution is -0.132. The van der Waals surface area contributed by atoms with Gasteiger partial charge in [0.2, 0.25) is 0 Å². The van der Waals surface area contributed by atoms with Gasteiger partial charge in [-0.3, -0.25) is 9.59 Å². The summed E-state index contributed by atoms with van der Waals surface area (Å²) in [6.45, 7) is 4.72. The molecular formula is C24H28ClNO4.